The average Bonchev–Trinajstić information content (AvgIpc) is 3.11. The third kappa shape index (κ3) is 5.85. The van der Waals surface area contributed by atoms with Crippen LogP contribution in [0.5, 0.6) is 5.75 Å². The van der Waals surface area contributed by atoms with Crippen molar-refractivity contribution in [2.24, 2.45) is 0 Å². The maximum Gasteiger partial charge on any atom is 0.321 e. The van der Waals surface area contributed by atoms with Gasteiger partial charge in [0.25, 0.3) is 5.91 Å². The summed E-state index contributed by atoms with van der Waals surface area (Å²) >= 11 is 1.15. The number of rotatable bonds is 7. The molecule has 2 aromatic carbocycles. The van der Waals surface area contributed by atoms with E-state index < -0.39 is 0 Å². The van der Waals surface area contributed by atoms with Gasteiger partial charge in [0, 0.05) is 12.2 Å². The van der Waals surface area contributed by atoms with Crippen LogP contribution in [0.3, 0.4) is 0 Å². The summed E-state index contributed by atoms with van der Waals surface area (Å²) in [6.07, 6.45) is 0.692. The Balaban J connectivity index is 1.56. The fourth-order valence-electron chi connectivity index (χ4n) is 3.46. The molecule has 0 aliphatic carbocycles. The van der Waals surface area contributed by atoms with Crippen LogP contribution in [-0.4, -0.2) is 30.6 Å². The number of nitrogens with zero attached hydrogens (tertiary/aromatic N) is 1. The number of amides is 3. The van der Waals surface area contributed by atoms with E-state index in [1.54, 1.807) is 14.0 Å². The molecule has 0 spiro atoms. The lowest BCUT2D eigenvalue weighted by atomic mass is 10.1. The number of methoxy groups -OCH3 is 1. The third-order valence-corrected chi connectivity index (χ3v) is 6.07. The Morgan fingerprint density at radius 2 is 1.66 bits per heavy atom. The van der Waals surface area contributed by atoms with Gasteiger partial charge in [0.15, 0.2) is 5.13 Å². The molecule has 32 heavy (non-hydrogen) atoms. The number of anilines is 2. The summed E-state index contributed by atoms with van der Waals surface area (Å²) in [6.45, 7) is 8.20. The molecule has 0 bridgehead atoms. The van der Waals surface area contributed by atoms with Crippen LogP contribution in [-0.2, 0) is 6.42 Å². The highest BCUT2D eigenvalue weighted by atomic mass is 32.1. The van der Waals surface area contributed by atoms with E-state index in [4.69, 9.17) is 4.74 Å². The van der Waals surface area contributed by atoms with Gasteiger partial charge in [-0.25, -0.2) is 9.78 Å². The van der Waals surface area contributed by atoms with Crippen LogP contribution in [0.4, 0.5) is 15.6 Å². The molecule has 0 saturated heterocycles. The maximum atomic E-state index is 12.8. The molecule has 1 heterocycles. The van der Waals surface area contributed by atoms with Gasteiger partial charge in [-0.3, -0.25) is 10.1 Å². The Kier molecular flexibility index (Phi) is 7.48. The number of nitrogens with one attached hydrogen (secondary N) is 3. The highest BCUT2D eigenvalue weighted by Crippen LogP contribution is 2.26. The fraction of sp³-hybridized carbons (Fsp3) is 0.292. The number of hydrogen-bond donors (Lipinski definition) is 3. The predicted molar refractivity (Wildman–Crippen MR) is 129 cm³/mol. The second-order valence-electron chi connectivity index (χ2n) is 7.64. The standard InChI is InChI=1S/C24H28N4O3S/c1-14-12-15(2)20(16(3)13-14)27-22(29)21-17(4)26-24(32-21)28-23(30)25-11-10-18-6-8-19(31-5)9-7-18/h6-9,12-13H,10-11H2,1-5H3,(H,27,29)(H2,25,26,28,30). The van der Waals surface area contributed by atoms with Crippen LogP contribution >= 0.6 is 11.3 Å². The zero-order valence-electron chi connectivity index (χ0n) is 19.0. The second-order valence-corrected chi connectivity index (χ2v) is 8.64. The molecule has 0 radical (unpaired) electrons. The largest absolute Gasteiger partial charge is 0.497 e. The van der Waals surface area contributed by atoms with Crippen molar-refractivity contribution >= 4 is 34.1 Å². The molecular weight excluding hydrogens is 424 g/mol. The summed E-state index contributed by atoms with van der Waals surface area (Å²) in [4.78, 5) is 29.8. The lowest BCUT2D eigenvalue weighted by Gasteiger charge is -2.12. The topological polar surface area (TPSA) is 92.3 Å². The number of ether oxygens (including phenoxy) is 1. The third-order valence-electron chi connectivity index (χ3n) is 5.00. The fourth-order valence-corrected chi connectivity index (χ4v) is 4.32. The van der Waals surface area contributed by atoms with Gasteiger partial charge in [-0.2, -0.15) is 0 Å². The first kappa shape index (κ1) is 23.3. The number of carbonyl (C=O) groups excluding carboxylic acids is 2. The predicted octanol–water partition coefficient (Wildman–Crippen LogP) is 5.00. The molecule has 1 aromatic heterocycles. The van der Waals surface area contributed by atoms with E-state index in [1.807, 2.05) is 57.2 Å². The zero-order chi connectivity index (χ0) is 23.3. The second kappa shape index (κ2) is 10.3. The summed E-state index contributed by atoms with van der Waals surface area (Å²) in [5.41, 5.74) is 5.64. The summed E-state index contributed by atoms with van der Waals surface area (Å²) < 4.78 is 5.14. The summed E-state index contributed by atoms with van der Waals surface area (Å²) in [5, 5.41) is 8.89. The van der Waals surface area contributed by atoms with Crippen LogP contribution in [0.2, 0.25) is 0 Å². The van der Waals surface area contributed by atoms with Gasteiger partial charge in [0.1, 0.15) is 10.6 Å². The zero-order valence-corrected chi connectivity index (χ0v) is 19.8. The van der Waals surface area contributed by atoms with Gasteiger partial charge >= 0.3 is 6.03 Å². The van der Waals surface area contributed by atoms with Crippen molar-refractivity contribution in [3.05, 3.63) is 69.2 Å². The van der Waals surface area contributed by atoms with Gasteiger partial charge in [-0.15, -0.1) is 0 Å². The van der Waals surface area contributed by atoms with Crippen molar-refractivity contribution in [1.82, 2.24) is 10.3 Å². The van der Waals surface area contributed by atoms with Gasteiger partial charge in [0.2, 0.25) is 0 Å². The molecule has 0 atom stereocenters. The van der Waals surface area contributed by atoms with E-state index in [2.05, 4.69) is 20.9 Å². The van der Waals surface area contributed by atoms with Gasteiger partial charge in [0.05, 0.1) is 12.8 Å². The lowest BCUT2D eigenvalue weighted by Crippen LogP contribution is -2.30. The van der Waals surface area contributed by atoms with Crippen LogP contribution in [0.25, 0.3) is 0 Å². The van der Waals surface area contributed by atoms with Crippen molar-refractivity contribution in [2.75, 3.05) is 24.3 Å². The minimum absolute atomic E-state index is 0.233. The van der Waals surface area contributed by atoms with Crippen LogP contribution in [0.1, 0.15) is 37.6 Å². The highest BCUT2D eigenvalue weighted by molar-refractivity contribution is 7.17. The molecule has 3 aromatic rings. The molecule has 0 aliphatic rings. The lowest BCUT2D eigenvalue weighted by molar-refractivity contribution is 0.102. The summed E-state index contributed by atoms with van der Waals surface area (Å²) in [6, 6.07) is 11.4. The minimum atomic E-state index is -0.357. The first-order chi connectivity index (χ1) is 15.3. The molecule has 7 nitrogen and oxygen atoms in total. The number of benzene rings is 2. The van der Waals surface area contributed by atoms with Gasteiger partial charge < -0.3 is 15.4 Å². The summed E-state index contributed by atoms with van der Waals surface area (Å²) in [7, 11) is 1.63. The van der Waals surface area contributed by atoms with Crippen LogP contribution < -0.4 is 20.7 Å². The normalized spacial score (nSPS) is 10.5. The first-order valence-electron chi connectivity index (χ1n) is 10.3. The van der Waals surface area contributed by atoms with E-state index in [0.717, 1.165) is 45.0 Å². The molecule has 0 fully saturated rings. The SMILES string of the molecule is COc1ccc(CCNC(=O)Nc2nc(C)c(C(=O)Nc3c(C)cc(C)cc3C)s2)cc1. The molecule has 8 heteroatoms. The minimum Gasteiger partial charge on any atom is -0.497 e. The summed E-state index contributed by atoms with van der Waals surface area (Å²) in [5.74, 6) is 0.564. The van der Waals surface area contributed by atoms with Crippen molar-refractivity contribution in [2.45, 2.75) is 34.1 Å². The van der Waals surface area contributed by atoms with E-state index in [-0.39, 0.29) is 11.9 Å². The van der Waals surface area contributed by atoms with E-state index >= 15 is 0 Å². The van der Waals surface area contributed by atoms with Gasteiger partial charge in [-0.1, -0.05) is 41.2 Å². The van der Waals surface area contributed by atoms with Crippen molar-refractivity contribution in [3.8, 4) is 5.75 Å². The molecule has 0 aliphatic heterocycles. The molecule has 3 rings (SSSR count). The Morgan fingerprint density at radius 1 is 1.00 bits per heavy atom. The first-order valence-corrected chi connectivity index (χ1v) is 11.1. The molecule has 3 N–H and O–H groups in total. The van der Waals surface area contributed by atoms with Crippen LogP contribution in [0.15, 0.2) is 36.4 Å². The Morgan fingerprint density at radius 3 is 2.28 bits per heavy atom. The van der Waals surface area contributed by atoms with E-state index in [1.165, 1.54) is 0 Å². The molecule has 3 amide bonds. The highest BCUT2D eigenvalue weighted by Gasteiger charge is 2.18. The maximum absolute atomic E-state index is 12.8. The van der Waals surface area contributed by atoms with Crippen LogP contribution in [0, 0.1) is 27.7 Å². The number of aryl methyl sites for hydroxylation is 4. The molecule has 168 valence electrons. The van der Waals surface area contributed by atoms with E-state index in [0.29, 0.717) is 28.7 Å². The number of thiazole rings is 1. The van der Waals surface area contributed by atoms with Crippen molar-refractivity contribution in [1.29, 1.82) is 0 Å². The van der Waals surface area contributed by atoms with Crippen molar-refractivity contribution in [3.63, 3.8) is 0 Å². The Labute approximate surface area is 192 Å². The van der Waals surface area contributed by atoms with Gasteiger partial charge in [-0.05, 0) is 62.9 Å². The number of carbonyl (C=O) groups is 2. The quantitative estimate of drug-likeness (QED) is 0.470. The number of urea groups is 1. The Hall–Kier alpha value is -3.39. The average molecular weight is 453 g/mol. The Bertz CT molecular complexity index is 1100. The number of aromatic nitrogens is 1. The smallest absolute Gasteiger partial charge is 0.321 e. The monoisotopic (exact) mass is 452 g/mol. The molecule has 0 unspecified atom stereocenters. The molecular formula is C24H28N4O3S. The van der Waals surface area contributed by atoms with Crippen molar-refractivity contribution < 1.29 is 14.3 Å². The number of hydrogen-bond acceptors (Lipinski definition) is 5. The van der Waals surface area contributed by atoms with E-state index in [9.17, 15) is 9.59 Å². The molecule has 0 saturated carbocycles.